The molecule has 0 N–H and O–H groups in total. The highest BCUT2D eigenvalue weighted by atomic mass is 32.2. The second-order valence-corrected chi connectivity index (χ2v) is 6.88. The average Bonchev–Trinajstić information content (AvgIpc) is 3.19. The van der Waals surface area contributed by atoms with Crippen LogP contribution in [0.1, 0.15) is 16.5 Å². The lowest BCUT2D eigenvalue weighted by Crippen LogP contribution is -2.44. The Kier molecular flexibility index (Phi) is 4.62. The van der Waals surface area contributed by atoms with Crippen molar-refractivity contribution in [2.75, 3.05) is 19.4 Å². The van der Waals surface area contributed by atoms with Crippen molar-refractivity contribution < 1.29 is 14.3 Å². The van der Waals surface area contributed by atoms with Crippen LogP contribution >= 0.6 is 23.1 Å². The van der Waals surface area contributed by atoms with E-state index >= 15 is 0 Å². The van der Waals surface area contributed by atoms with Gasteiger partial charge >= 0.3 is 5.97 Å². The van der Waals surface area contributed by atoms with E-state index in [0.717, 1.165) is 16.9 Å². The van der Waals surface area contributed by atoms with Gasteiger partial charge in [0.1, 0.15) is 0 Å². The number of hydrogen-bond acceptors (Lipinski definition) is 8. The third kappa shape index (κ3) is 3.08. The van der Waals surface area contributed by atoms with Crippen LogP contribution in [0.4, 0.5) is 0 Å². The zero-order valence-electron chi connectivity index (χ0n) is 12.6. The zero-order valence-corrected chi connectivity index (χ0v) is 14.3. The highest BCUT2D eigenvalue weighted by Gasteiger charge is 2.37. The van der Waals surface area contributed by atoms with E-state index in [4.69, 9.17) is 4.74 Å². The molecular weight excluding hydrogens is 338 g/mol. The molecular formula is C13H15N5O3S2. The number of amides is 1. The molecule has 1 amide bonds. The molecule has 10 heteroatoms. The van der Waals surface area contributed by atoms with E-state index in [0.29, 0.717) is 11.7 Å². The maximum absolute atomic E-state index is 12.6. The molecule has 122 valence electrons. The molecule has 3 rings (SSSR count). The summed E-state index contributed by atoms with van der Waals surface area (Å²) in [4.78, 5) is 27.5. The molecule has 8 nitrogen and oxygen atoms in total. The molecule has 1 aliphatic rings. The summed E-state index contributed by atoms with van der Waals surface area (Å²) in [6.07, 6.45) is 0.752. The molecule has 0 fully saturated rings. The number of hydrogen-bond donors (Lipinski definition) is 0. The number of thiophene rings is 1. The maximum Gasteiger partial charge on any atom is 0.333 e. The lowest BCUT2D eigenvalue weighted by Gasteiger charge is -2.33. The highest BCUT2D eigenvalue weighted by Crippen LogP contribution is 2.34. The third-order valence-corrected chi connectivity index (χ3v) is 5.61. The number of nitrogens with zero attached hydrogens (tertiary/aromatic N) is 5. The number of esters is 1. The summed E-state index contributed by atoms with van der Waals surface area (Å²) in [5.41, 5.74) is 0.867. The summed E-state index contributed by atoms with van der Waals surface area (Å²) in [5, 5.41) is 13.6. The number of rotatable bonds is 4. The SMILES string of the molecule is COC(=O)C1c2ccsc2CCN1C(=O)CSc1nnnn1C. The van der Waals surface area contributed by atoms with Gasteiger partial charge in [0.05, 0.1) is 12.9 Å². The summed E-state index contributed by atoms with van der Waals surface area (Å²) < 4.78 is 6.40. The average molecular weight is 353 g/mol. The number of tetrazole rings is 1. The highest BCUT2D eigenvalue weighted by molar-refractivity contribution is 7.99. The third-order valence-electron chi connectivity index (χ3n) is 3.62. The number of aromatic nitrogens is 4. The summed E-state index contributed by atoms with van der Waals surface area (Å²) in [5.74, 6) is -0.380. The molecule has 1 aliphatic heterocycles. The molecule has 1 atom stereocenters. The molecule has 2 aromatic rings. The van der Waals surface area contributed by atoms with Gasteiger partial charge in [-0.05, 0) is 33.9 Å². The van der Waals surface area contributed by atoms with Gasteiger partial charge < -0.3 is 9.64 Å². The van der Waals surface area contributed by atoms with Gasteiger partial charge in [0.15, 0.2) is 6.04 Å². The monoisotopic (exact) mass is 353 g/mol. The molecule has 0 radical (unpaired) electrons. The predicted molar refractivity (Wildman–Crippen MR) is 84.0 cm³/mol. The van der Waals surface area contributed by atoms with Crippen molar-refractivity contribution >= 4 is 35.0 Å². The van der Waals surface area contributed by atoms with Gasteiger partial charge in [-0.15, -0.1) is 16.4 Å². The zero-order chi connectivity index (χ0) is 16.4. The standard InChI is InChI=1S/C13H15N5O3S2/c1-17-13(14-15-16-17)23-7-10(19)18-5-3-9-8(4-6-22-9)11(18)12(20)21-2/h4,6,11H,3,5,7H2,1-2H3. The first-order valence-corrected chi connectivity index (χ1v) is 8.77. The van der Waals surface area contributed by atoms with E-state index in [1.54, 1.807) is 23.3 Å². The summed E-state index contributed by atoms with van der Waals surface area (Å²) >= 11 is 2.85. The number of thioether (sulfide) groups is 1. The fourth-order valence-corrected chi connectivity index (χ4v) is 4.14. The largest absolute Gasteiger partial charge is 0.467 e. The lowest BCUT2D eigenvalue weighted by molar-refractivity contribution is -0.153. The van der Waals surface area contributed by atoms with Crippen molar-refractivity contribution in [1.29, 1.82) is 0 Å². The number of ether oxygens (including phenoxy) is 1. The van der Waals surface area contributed by atoms with Crippen LogP contribution in [0, 0.1) is 0 Å². The summed E-state index contributed by atoms with van der Waals surface area (Å²) in [6.45, 7) is 0.504. The smallest absolute Gasteiger partial charge is 0.333 e. The molecule has 0 aliphatic carbocycles. The molecule has 1 unspecified atom stereocenters. The van der Waals surface area contributed by atoms with Crippen LogP contribution in [0.15, 0.2) is 16.6 Å². The van der Waals surface area contributed by atoms with E-state index in [1.807, 2.05) is 11.4 Å². The molecule has 0 saturated heterocycles. The van der Waals surface area contributed by atoms with Crippen LogP contribution in [0.5, 0.6) is 0 Å². The van der Waals surface area contributed by atoms with Gasteiger partial charge in [0.25, 0.3) is 0 Å². The molecule has 2 aromatic heterocycles. The molecule has 23 heavy (non-hydrogen) atoms. The molecule has 0 aromatic carbocycles. The van der Waals surface area contributed by atoms with Crippen molar-refractivity contribution in [3.63, 3.8) is 0 Å². The molecule has 0 spiro atoms. The van der Waals surface area contributed by atoms with Crippen molar-refractivity contribution in [1.82, 2.24) is 25.1 Å². The van der Waals surface area contributed by atoms with Crippen LogP contribution in [0.2, 0.25) is 0 Å². The number of carbonyl (C=O) groups excluding carboxylic acids is 2. The topological polar surface area (TPSA) is 90.2 Å². The minimum absolute atomic E-state index is 0.134. The van der Waals surface area contributed by atoms with Crippen LogP contribution in [0.25, 0.3) is 0 Å². The van der Waals surface area contributed by atoms with Crippen LogP contribution in [-0.4, -0.2) is 56.4 Å². The Morgan fingerprint density at radius 2 is 2.35 bits per heavy atom. The Bertz CT molecular complexity index is 729. The van der Waals surface area contributed by atoms with Gasteiger partial charge in [0.2, 0.25) is 11.1 Å². The van der Waals surface area contributed by atoms with Gasteiger partial charge in [-0.2, -0.15) is 0 Å². The Balaban J connectivity index is 1.76. The lowest BCUT2D eigenvalue weighted by atomic mass is 10.00. The second kappa shape index (κ2) is 6.67. The van der Waals surface area contributed by atoms with Gasteiger partial charge in [0, 0.05) is 18.5 Å². The minimum atomic E-state index is -0.666. The Labute approximate surface area is 140 Å². The molecule has 0 bridgehead atoms. The van der Waals surface area contributed by atoms with E-state index in [-0.39, 0.29) is 11.7 Å². The normalized spacial score (nSPS) is 17.0. The Morgan fingerprint density at radius 3 is 3.04 bits per heavy atom. The first kappa shape index (κ1) is 15.9. The van der Waals surface area contributed by atoms with Crippen molar-refractivity contribution in [3.05, 3.63) is 21.9 Å². The Morgan fingerprint density at radius 1 is 1.52 bits per heavy atom. The van der Waals surface area contributed by atoms with Gasteiger partial charge in [-0.3, -0.25) is 4.79 Å². The van der Waals surface area contributed by atoms with Gasteiger partial charge in [-0.1, -0.05) is 11.8 Å². The van der Waals surface area contributed by atoms with Crippen molar-refractivity contribution in [2.45, 2.75) is 17.6 Å². The predicted octanol–water partition coefficient (Wildman–Crippen LogP) is 0.663. The van der Waals surface area contributed by atoms with E-state index in [1.165, 1.54) is 23.6 Å². The summed E-state index contributed by atoms with van der Waals surface area (Å²) in [6, 6.07) is 1.22. The number of fused-ring (bicyclic) bond motifs is 1. The molecule has 0 saturated carbocycles. The second-order valence-electron chi connectivity index (χ2n) is 4.94. The first-order chi connectivity index (χ1) is 11.1. The van der Waals surface area contributed by atoms with E-state index < -0.39 is 12.0 Å². The number of carbonyl (C=O) groups is 2. The minimum Gasteiger partial charge on any atom is -0.467 e. The maximum atomic E-state index is 12.6. The van der Waals surface area contributed by atoms with Crippen LogP contribution < -0.4 is 0 Å². The van der Waals surface area contributed by atoms with Crippen molar-refractivity contribution in [3.8, 4) is 0 Å². The number of aryl methyl sites for hydroxylation is 1. The van der Waals surface area contributed by atoms with Crippen LogP contribution in [-0.2, 0) is 27.8 Å². The fraction of sp³-hybridized carbons (Fsp3) is 0.462. The fourth-order valence-electron chi connectivity index (χ4n) is 2.50. The van der Waals surface area contributed by atoms with Crippen LogP contribution in [0.3, 0.4) is 0 Å². The van der Waals surface area contributed by atoms with E-state index in [9.17, 15) is 9.59 Å². The van der Waals surface area contributed by atoms with Gasteiger partial charge in [-0.25, -0.2) is 9.48 Å². The quantitative estimate of drug-likeness (QED) is 0.589. The molecule has 3 heterocycles. The van der Waals surface area contributed by atoms with Crippen molar-refractivity contribution in [2.24, 2.45) is 7.05 Å². The first-order valence-electron chi connectivity index (χ1n) is 6.90. The Hall–Kier alpha value is -1.94. The number of methoxy groups -OCH3 is 1. The van der Waals surface area contributed by atoms with E-state index in [2.05, 4.69) is 15.5 Å². The summed E-state index contributed by atoms with van der Waals surface area (Å²) in [7, 11) is 3.05.